The van der Waals surface area contributed by atoms with Gasteiger partial charge in [-0.25, -0.2) is 0 Å². The van der Waals surface area contributed by atoms with E-state index in [1.807, 2.05) is 6.07 Å². The molecule has 0 bridgehead atoms. The summed E-state index contributed by atoms with van der Waals surface area (Å²) < 4.78 is 2.18. The highest BCUT2D eigenvalue weighted by atomic mass is 16.1. The van der Waals surface area contributed by atoms with Crippen molar-refractivity contribution >= 4 is 11.6 Å². The highest BCUT2D eigenvalue weighted by molar-refractivity contribution is 5.89. The van der Waals surface area contributed by atoms with Gasteiger partial charge in [-0.15, -0.1) is 10.2 Å². The average Bonchev–Trinajstić information content (AvgIpc) is 3.19. The summed E-state index contributed by atoms with van der Waals surface area (Å²) in [4.78, 5) is 18.3. The summed E-state index contributed by atoms with van der Waals surface area (Å²) in [5.74, 6) is 1.61. The fourth-order valence-corrected chi connectivity index (χ4v) is 5.33. The largest absolute Gasteiger partial charge is 0.325 e. The van der Waals surface area contributed by atoms with Crippen LogP contribution in [0.5, 0.6) is 0 Å². The summed E-state index contributed by atoms with van der Waals surface area (Å²) in [6.07, 6.45) is 5.54. The first-order chi connectivity index (χ1) is 16.7. The van der Waals surface area contributed by atoms with Gasteiger partial charge in [0.2, 0.25) is 5.91 Å². The second-order valence-electron chi connectivity index (χ2n) is 9.01. The van der Waals surface area contributed by atoms with Crippen LogP contribution in [0.15, 0.2) is 67.0 Å². The number of carbonyl (C=O) groups excluding carboxylic acids is 1. The van der Waals surface area contributed by atoms with Gasteiger partial charge in [0.15, 0.2) is 5.82 Å². The number of anilines is 1. The zero-order valence-electron chi connectivity index (χ0n) is 19.1. The van der Waals surface area contributed by atoms with Gasteiger partial charge in [0.05, 0.1) is 24.5 Å². The Balaban J connectivity index is 1.35. The standard InChI is InChI=1S/C27H26N6O/c1-18(34)29-22-14-21(15-28-16-22)27-31-30-25-17-32(12-13-33(25)27)26-23-8-4-2-6-19(23)10-11-20-7-3-5-9-24(20)26/h2-9,14-16,26H,10-13,17H2,1H3,(H,29,34). The van der Waals surface area contributed by atoms with E-state index >= 15 is 0 Å². The smallest absolute Gasteiger partial charge is 0.221 e. The normalized spacial score (nSPS) is 15.7. The number of rotatable bonds is 3. The molecule has 0 saturated heterocycles. The number of pyridine rings is 1. The fraction of sp³-hybridized carbons (Fsp3) is 0.259. The summed E-state index contributed by atoms with van der Waals surface area (Å²) in [6, 6.07) is 19.8. The molecule has 1 amide bonds. The van der Waals surface area contributed by atoms with Crippen molar-refractivity contribution < 1.29 is 4.79 Å². The van der Waals surface area contributed by atoms with Crippen LogP contribution in [0.4, 0.5) is 5.69 Å². The lowest BCUT2D eigenvalue weighted by Gasteiger charge is -2.36. The Morgan fingerprint density at radius 3 is 2.35 bits per heavy atom. The van der Waals surface area contributed by atoms with Crippen LogP contribution in [0.2, 0.25) is 0 Å². The highest BCUT2D eigenvalue weighted by Gasteiger charge is 2.32. The maximum Gasteiger partial charge on any atom is 0.221 e. The van der Waals surface area contributed by atoms with Gasteiger partial charge >= 0.3 is 0 Å². The summed E-state index contributed by atoms with van der Waals surface area (Å²) >= 11 is 0. The van der Waals surface area contributed by atoms with Crippen molar-refractivity contribution in [1.82, 2.24) is 24.6 Å². The number of nitrogens with zero attached hydrogens (tertiary/aromatic N) is 5. The molecule has 0 radical (unpaired) electrons. The number of amides is 1. The summed E-state index contributed by atoms with van der Waals surface area (Å²) in [6.45, 7) is 3.90. The molecule has 3 heterocycles. The average molecular weight is 451 g/mol. The number of aryl methyl sites for hydroxylation is 2. The SMILES string of the molecule is CC(=O)Nc1cncc(-c2nnc3n2CCN(C2c4ccccc4CCc4ccccc42)C3)c1. The lowest BCUT2D eigenvalue weighted by atomic mass is 9.93. The van der Waals surface area contributed by atoms with E-state index in [0.29, 0.717) is 5.69 Å². The number of nitrogens with one attached hydrogen (secondary N) is 1. The maximum atomic E-state index is 11.5. The molecule has 4 aromatic rings. The minimum Gasteiger partial charge on any atom is -0.325 e. The predicted octanol–water partition coefficient (Wildman–Crippen LogP) is 4.00. The van der Waals surface area contributed by atoms with E-state index in [9.17, 15) is 4.79 Å². The monoisotopic (exact) mass is 450 g/mol. The van der Waals surface area contributed by atoms with E-state index in [0.717, 1.165) is 49.7 Å². The molecule has 1 N–H and O–H groups in total. The summed E-state index contributed by atoms with van der Waals surface area (Å²) in [7, 11) is 0. The quantitative estimate of drug-likeness (QED) is 0.511. The van der Waals surface area contributed by atoms with Gasteiger partial charge in [-0.2, -0.15) is 0 Å². The van der Waals surface area contributed by atoms with Crippen LogP contribution in [0.1, 0.15) is 41.0 Å². The van der Waals surface area contributed by atoms with Crippen LogP contribution in [-0.4, -0.2) is 37.1 Å². The van der Waals surface area contributed by atoms with Gasteiger partial charge in [0.1, 0.15) is 5.82 Å². The molecule has 170 valence electrons. The van der Waals surface area contributed by atoms with Crippen LogP contribution in [0, 0.1) is 0 Å². The molecule has 2 aliphatic rings. The Morgan fingerprint density at radius 1 is 0.941 bits per heavy atom. The molecule has 0 spiro atoms. The van der Waals surface area contributed by atoms with Crippen molar-refractivity contribution in [3.8, 4) is 11.4 Å². The number of hydrogen-bond acceptors (Lipinski definition) is 5. The maximum absolute atomic E-state index is 11.5. The third-order valence-corrected chi connectivity index (χ3v) is 6.83. The van der Waals surface area contributed by atoms with Crippen molar-refractivity contribution in [3.05, 3.63) is 95.1 Å². The van der Waals surface area contributed by atoms with E-state index in [1.54, 1.807) is 12.4 Å². The van der Waals surface area contributed by atoms with Gasteiger partial charge in [-0.3, -0.25) is 14.7 Å². The fourth-order valence-electron chi connectivity index (χ4n) is 5.33. The van der Waals surface area contributed by atoms with E-state index in [-0.39, 0.29) is 11.9 Å². The molecule has 2 aromatic heterocycles. The Kier molecular flexibility index (Phi) is 5.19. The predicted molar refractivity (Wildman–Crippen MR) is 130 cm³/mol. The van der Waals surface area contributed by atoms with E-state index in [1.165, 1.54) is 29.2 Å². The van der Waals surface area contributed by atoms with Gasteiger partial charge in [0, 0.05) is 31.8 Å². The summed E-state index contributed by atoms with van der Waals surface area (Å²) in [5.41, 5.74) is 7.16. The molecule has 1 aliphatic carbocycles. The number of aromatic nitrogens is 4. The Morgan fingerprint density at radius 2 is 1.65 bits per heavy atom. The molecule has 2 aromatic carbocycles. The van der Waals surface area contributed by atoms with Gasteiger partial charge in [0.25, 0.3) is 0 Å². The molecular weight excluding hydrogens is 424 g/mol. The lowest BCUT2D eigenvalue weighted by molar-refractivity contribution is -0.114. The van der Waals surface area contributed by atoms with Gasteiger partial charge in [-0.1, -0.05) is 48.5 Å². The molecule has 0 atom stereocenters. The molecule has 6 rings (SSSR count). The van der Waals surface area contributed by atoms with Crippen molar-refractivity contribution in [2.45, 2.75) is 38.9 Å². The van der Waals surface area contributed by atoms with Crippen LogP contribution >= 0.6 is 0 Å². The molecule has 0 fully saturated rings. The molecule has 0 saturated carbocycles. The molecular formula is C27H26N6O. The second kappa shape index (κ2) is 8.50. The van der Waals surface area contributed by atoms with Gasteiger partial charge < -0.3 is 9.88 Å². The van der Waals surface area contributed by atoms with Crippen molar-refractivity contribution in [3.63, 3.8) is 0 Å². The Labute approximate surface area is 198 Å². The molecule has 7 heteroatoms. The summed E-state index contributed by atoms with van der Waals surface area (Å²) in [5, 5.41) is 11.9. The van der Waals surface area contributed by atoms with Crippen molar-refractivity contribution in [1.29, 1.82) is 0 Å². The number of carbonyl (C=O) groups is 1. The minimum absolute atomic E-state index is 0.123. The third kappa shape index (κ3) is 3.68. The first-order valence-electron chi connectivity index (χ1n) is 11.7. The van der Waals surface area contributed by atoms with E-state index in [2.05, 4.69) is 78.5 Å². The third-order valence-electron chi connectivity index (χ3n) is 6.83. The van der Waals surface area contributed by atoms with Crippen LogP contribution in [0.3, 0.4) is 0 Å². The van der Waals surface area contributed by atoms with Crippen LogP contribution in [0.25, 0.3) is 11.4 Å². The van der Waals surface area contributed by atoms with Crippen LogP contribution in [-0.2, 0) is 30.7 Å². The lowest BCUT2D eigenvalue weighted by Crippen LogP contribution is -2.37. The van der Waals surface area contributed by atoms with Crippen molar-refractivity contribution in [2.75, 3.05) is 11.9 Å². The highest BCUT2D eigenvalue weighted by Crippen LogP contribution is 2.38. The zero-order valence-corrected chi connectivity index (χ0v) is 19.1. The molecule has 7 nitrogen and oxygen atoms in total. The number of fused-ring (bicyclic) bond motifs is 3. The first kappa shape index (κ1) is 20.7. The van der Waals surface area contributed by atoms with Gasteiger partial charge in [-0.05, 0) is 41.2 Å². The first-order valence-corrected chi connectivity index (χ1v) is 11.7. The van der Waals surface area contributed by atoms with E-state index < -0.39 is 0 Å². The minimum atomic E-state index is -0.123. The number of benzene rings is 2. The Bertz CT molecular complexity index is 1330. The number of hydrogen-bond donors (Lipinski definition) is 1. The zero-order chi connectivity index (χ0) is 23.1. The topological polar surface area (TPSA) is 75.9 Å². The molecule has 0 unspecified atom stereocenters. The van der Waals surface area contributed by atoms with Crippen LogP contribution < -0.4 is 5.32 Å². The second-order valence-corrected chi connectivity index (χ2v) is 9.01. The van der Waals surface area contributed by atoms with Crippen molar-refractivity contribution in [2.24, 2.45) is 0 Å². The Hall–Kier alpha value is -3.84. The molecule has 34 heavy (non-hydrogen) atoms. The van der Waals surface area contributed by atoms with E-state index in [4.69, 9.17) is 0 Å². The molecule has 1 aliphatic heterocycles.